The molecule has 1 aliphatic heterocycles. The normalized spacial score (nSPS) is 18.6. The molecule has 1 aliphatic rings. The molecule has 0 radical (unpaired) electrons. The van der Waals surface area contributed by atoms with Gasteiger partial charge in [-0.1, -0.05) is 55.5 Å². The van der Waals surface area contributed by atoms with Gasteiger partial charge in [0, 0.05) is 24.7 Å². The second-order valence-electron chi connectivity index (χ2n) is 6.30. The Bertz CT molecular complexity index is 635. The first-order valence-electron chi connectivity index (χ1n) is 8.49. The number of para-hydroxylation sites is 1. The van der Waals surface area contributed by atoms with Crippen LogP contribution >= 0.6 is 12.4 Å². The molecule has 130 valence electrons. The van der Waals surface area contributed by atoms with Crippen molar-refractivity contribution in [3.05, 3.63) is 65.7 Å². The van der Waals surface area contributed by atoms with Gasteiger partial charge in [0.15, 0.2) is 0 Å². The standard InChI is InChI=1S/C20H26N2O.ClH/c1-3-15-14-22(18-12-8-7-11-17(15)18)20(19(23)13-21-2)16-9-5-4-6-10-16;/h4-12,15,19-21,23H,3,13-14H2,1-2H3;1H/t15?,19-,20+;/m1./s1. The molecule has 3 rings (SSSR count). The van der Waals surface area contributed by atoms with Gasteiger partial charge in [0.05, 0.1) is 12.1 Å². The molecule has 0 saturated heterocycles. The van der Waals surface area contributed by atoms with Gasteiger partial charge in [0.2, 0.25) is 0 Å². The second-order valence-corrected chi connectivity index (χ2v) is 6.30. The zero-order chi connectivity index (χ0) is 16.2. The number of nitrogens with zero attached hydrogens (tertiary/aromatic N) is 1. The summed E-state index contributed by atoms with van der Waals surface area (Å²) in [6.45, 7) is 3.79. The third-order valence-corrected chi connectivity index (χ3v) is 4.85. The Morgan fingerprint density at radius 1 is 1.12 bits per heavy atom. The number of anilines is 1. The Balaban J connectivity index is 0.00000208. The van der Waals surface area contributed by atoms with Crippen LogP contribution < -0.4 is 10.2 Å². The van der Waals surface area contributed by atoms with Gasteiger partial charge in [0.1, 0.15) is 0 Å². The van der Waals surface area contributed by atoms with Gasteiger partial charge in [-0.3, -0.25) is 0 Å². The highest BCUT2D eigenvalue weighted by atomic mass is 35.5. The fourth-order valence-electron chi connectivity index (χ4n) is 3.72. The molecule has 3 atom stereocenters. The summed E-state index contributed by atoms with van der Waals surface area (Å²) < 4.78 is 0. The largest absolute Gasteiger partial charge is 0.389 e. The number of rotatable bonds is 6. The lowest BCUT2D eigenvalue weighted by atomic mass is 9.99. The van der Waals surface area contributed by atoms with E-state index in [0.717, 1.165) is 13.0 Å². The Labute approximate surface area is 151 Å². The molecule has 0 fully saturated rings. The molecule has 3 nitrogen and oxygen atoms in total. The Morgan fingerprint density at radius 3 is 2.46 bits per heavy atom. The van der Waals surface area contributed by atoms with Gasteiger partial charge in [-0.15, -0.1) is 12.4 Å². The number of aliphatic hydroxyl groups excluding tert-OH is 1. The molecule has 2 aromatic carbocycles. The Hall–Kier alpha value is -1.55. The van der Waals surface area contributed by atoms with Gasteiger partial charge < -0.3 is 15.3 Å². The fourth-order valence-corrected chi connectivity index (χ4v) is 3.72. The molecule has 1 unspecified atom stereocenters. The molecule has 2 aromatic rings. The van der Waals surface area contributed by atoms with E-state index >= 15 is 0 Å². The lowest BCUT2D eigenvalue weighted by Crippen LogP contribution is -2.40. The van der Waals surface area contributed by atoms with Crippen molar-refractivity contribution < 1.29 is 5.11 Å². The summed E-state index contributed by atoms with van der Waals surface area (Å²) in [5.41, 5.74) is 3.85. The Kier molecular flexibility index (Phi) is 6.67. The summed E-state index contributed by atoms with van der Waals surface area (Å²) in [4.78, 5) is 2.39. The van der Waals surface area contributed by atoms with Gasteiger partial charge in [0.25, 0.3) is 0 Å². The van der Waals surface area contributed by atoms with Gasteiger partial charge in [-0.25, -0.2) is 0 Å². The molecular formula is C20H27ClN2O. The SMILES string of the molecule is CCC1CN([C@@H](c2ccccc2)[C@H](O)CNC)c2ccccc21.Cl. The van der Waals surface area contributed by atoms with Crippen molar-refractivity contribution in [3.63, 3.8) is 0 Å². The maximum atomic E-state index is 10.8. The van der Waals surface area contributed by atoms with E-state index in [9.17, 15) is 5.11 Å². The van der Waals surface area contributed by atoms with E-state index in [-0.39, 0.29) is 18.4 Å². The highest BCUT2D eigenvalue weighted by Crippen LogP contribution is 2.43. The molecule has 0 bridgehead atoms. The number of hydrogen-bond donors (Lipinski definition) is 2. The number of halogens is 1. The van der Waals surface area contributed by atoms with E-state index in [2.05, 4.69) is 53.5 Å². The minimum atomic E-state index is -0.453. The van der Waals surface area contributed by atoms with Crippen LogP contribution in [-0.4, -0.2) is 31.3 Å². The average molecular weight is 347 g/mol. The molecule has 2 N–H and O–H groups in total. The van der Waals surface area contributed by atoms with Crippen LogP contribution in [0.4, 0.5) is 5.69 Å². The van der Waals surface area contributed by atoms with E-state index in [1.807, 2.05) is 25.2 Å². The molecule has 4 heteroatoms. The predicted molar refractivity (Wildman–Crippen MR) is 103 cm³/mol. The van der Waals surface area contributed by atoms with Gasteiger partial charge in [-0.05, 0) is 30.7 Å². The van der Waals surface area contributed by atoms with E-state index in [4.69, 9.17) is 0 Å². The van der Waals surface area contributed by atoms with Crippen molar-refractivity contribution in [2.45, 2.75) is 31.4 Å². The van der Waals surface area contributed by atoms with E-state index < -0.39 is 6.10 Å². The second kappa shape index (κ2) is 8.52. The number of aliphatic hydroxyl groups is 1. The predicted octanol–water partition coefficient (Wildman–Crippen LogP) is 3.74. The van der Waals surface area contributed by atoms with Crippen molar-refractivity contribution in [1.29, 1.82) is 0 Å². The van der Waals surface area contributed by atoms with Crippen LogP contribution in [0.3, 0.4) is 0 Å². The lowest BCUT2D eigenvalue weighted by Gasteiger charge is -2.34. The third-order valence-electron chi connectivity index (χ3n) is 4.85. The summed E-state index contributed by atoms with van der Waals surface area (Å²) in [6.07, 6.45) is 0.669. The first-order chi connectivity index (χ1) is 11.3. The molecular weight excluding hydrogens is 320 g/mol. The molecule has 0 amide bonds. The summed E-state index contributed by atoms with van der Waals surface area (Å²) in [5, 5.41) is 13.9. The van der Waals surface area contributed by atoms with Crippen molar-refractivity contribution in [1.82, 2.24) is 5.32 Å². The zero-order valence-corrected chi connectivity index (χ0v) is 15.2. The van der Waals surface area contributed by atoms with Crippen LogP contribution in [0.15, 0.2) is 54.6 Å². The molecule has 0 spiro atoms. The van der Waals surface area contributed by atoms with Gasteiger partial charge in [-0.2, -0.15) is 0 Å². The number of benzene rings is 2. The maximum absolute atomic E-state index is 10.8. The first kappa shape index (κ1) is 18.8. The summed E-state index contributed by atoms with van der Waals surface area (Å²) in [6, 6.07) is 19.0. The minimum Gasteiger partial charge on any atom is -0.389 e. The smallest absolute Gasteiger partial charge is 0.0909 e. The van der Waals surface area contributed by atoms with E-state index in [1.165, 1.54) is 16.8 Å². The lowest BCUT2D eigenvalue weighted by molar-refractivity contribution is 0.140. The van der Waals surface area contributed by atoms with Crippen LogP contribution in [0.2, 0.25) is 0 Å². The minimum absolute atomic E-state index is 0. The fraction of sp³-hybridized carbons (Fsp3) is 0.400. The first-order valence-corrected chi connectivity index (χ1v) is 8.49. The van der Waals surface area contributed by atoms with Crippen LogP contribution in [0, 0.1) is 0 Å². The summed E-state index contributed by atoms with van der Waals surface area (Å²) >= 11 is 0. The van der Waals surface area contributed by atoms with Crippen molar-refractivity contribution >= 4 is 18.1 Å². The van der Waals surface area contributed by atoms with Crippen LogP contribution in [-0.2, 0) is 0 Å². The number of fused-ring (bicyclic) bond motifs is 1. The number of likely N-dealkylation sites (N-methyl/N-ethyl adjacent to an activating group) is 1. The maximum Gasteiger partial charge on any atom is 0.0909 e. The topological polar surface area (TPSA) is 35.5 Å². The highest BCUT2D eigenvalue weighted by Gasteiger charge is 2.35. The van der Waals surface area contributed by atoms with Crippen molar-refractivity contribution in [2.75, 3.05) is 25.0 Å². The summed E-state index contributed by atoms with van der Waals surface area (Å²) in [7, 11) is 1.89. The molecule has 24 heavy (non-hydrogen) atoms. The molecule has 0 aromatic heterocycles. The van der Waals surface area contributed by atoms with E-state index in [1.54, 1.807) is 0 Å². The average Bonchev–Trinajstić information content (AvgIpc) is 2.95. The Morgan fingerprint density at radius 2 is 1.79 bits per heavy atom. The van der Waals surface area contributed by atoms with Crippen LogP contribution in [0.5, 0.6) is 0 Å². The monoisotopic (exact) mass is 346 g/mol. The number of nitrogens with one attached hydrogen (secondary N) is 1. The van der Waals surface area contributed by atoms with Crippen LogP contribution in [0.1, 0.15) is 36.4 Å². The third kappa shape index (κ3) is 3.59. The summed E-state index contributed by atoms with van der Waals surface area (Å²) in [5.74, 6) is 0.541. The number of hydrogen-bond acceptors (Lipinski definition) is 3. The van der Waals surface area contributed by atoms with Crippen molar-refractivity contribution in [2.24, 2.45) is 0 Å². The quantitative estimate of drug-likeness (QED) is 0.836. The van der Waals surface area contributed by atoms with Crippen molar-refractivity contribution in [3.8, 4) is 0 Å². The van der Waals surface area contributed by atoms with Gasteiger partial charge >= 0.3 is 0 Å². The molecule has 1 heterocycles. The molecule has 0 saturated carbocycles. The van der Waals surface area contributed by atoms with Crippen LogP contribution in [0.25, 0.3) is 0 Å². The molecule has 0 aliphatic carbocycles. The van der Waals surface area contributed by atoms with E-state index in [0.29, 0.717) is 12.5 Å². The highest BCUT2D eigenvalue weighted by molar-refractivity contribution is 5.85. The zero-order valence-electron chi connectivity index (χ0n) is 14.4.